The number of halogens is 1. The van der Waals surface area contributed by atoms with E-state index in [1.807, 2.05) is 18.2 Å². The molecule has 5 nitrogen and oxygen atoms in total. The highest BCUT2D eigenvalue weighted by Crippen LogP contribution is 2.25. The number of benzene rings is 1. The summed E-state index contributed by atoms with van der Waals surface area (Å²) in [6.07, 6.45) is 4.47. The van der Waals surface area contributed by atoms with Crippen molar-refractivity contribution in [1.82, 2.24) is 14.8 Å². The molecule has 0 spiro atoms. The van der Waals surface area contributed by atoms with E-state index >= 15 is 0 Å². The molecule has 0 amide bonds. The van der Waals surface area contributed by atoms with E-state index in [1.54, 1.807) is 48.3 Å². The SMILES string of the molecule is CC(OC(=O)c1ccc(-n2cccn2)nc1)c1ccccc1Cl. The maximum atomic E-state index is 12.2. The van der Waals surface area contributed by atoms with E-state index in [0.29, 0.717) is 16.4 Å². The van der Waals surface area contributed by atoms with Gasteiger partial charge in [0.05, 0.1) is 5.56 Å². The average molecular weight is 328 g/mol. The van der Waals surface area contributed by atoms with Gasteiger partial charge in [-0.25, -0.2) is 14.5 Å². The summed E-state index contributed by atoms with van der Waals surface area (Å²) in [5.74, 6) is 0.183. The van der Waals surface area contributed by atoms with Gasteiger partial charge in [-0.1, -0.05) is 29.8 Å². The Morgan fingerprint density at radius 3 is 2.70 bits per heavy atom. The normalized spacial score (nSPS) is 11.9. The third-order valence-electron chi connectivity index (χ3n) is 3.35. The van der Waals surface area contributed by atoms with E-state index in [2.05, 4.69) is 10.1 Å². The lowest BCUT2D eigenvalue weighted by Crippen LogP contribution is -2.10. The fourth-order valence-electron chi connectivity index (χ4n) is 2.14. The number of nitrogens with zero attached hydrogens (tertiary/aromatic N) is 3. The van der Waals surface area contributed by atoms with Gasteiger partial charge in [0.15, 0.2) is 5.82 Å². The molecular formula is C17H14ClN3O2. The van der Waals surface area contributed by atoms with Gasteiger partial charge in [0, 0.05) is 29.2 Å². The molecule has 1 aromatic carbocycles. The molecule has 0 aliphatic rings. The van der Waals surface area contributed by atoms with Crippen LogP contribution >= 0.6 is 11.6 Å². The molecule has 2 aromatic heterocycles. The van der Waals surface area contributed by atoms with Crippen LogP contribution in [0.4, 0.5) is 0 Å². The Hall–Kier alpha value is -2.66. The van der Waals surface area contributed by atoms with Crippen molar-refractivity contribution in [1.29, 1.82) is 0 Å². The van der Waals surface area contributed by atoms with Crippen LogP contribution in [0.1, 0.15) is 28.9 Å². The Morgan fingerprint density at radius 1 is 1.22 bits per heavy atom. The van der Waals surface area contributed by atoms with Crippen molar-refractivity contribution in [2.75, 3.05) is 0 Å². The first-order valence-corrected chi connectivity index (χ1v) is 7.44. The van der Waals surface area contributed by atoms with Gasteiger partial charge in [-0.15, -0.1) is 0 Å². The van der Waals surface area contributed by atoms with Crippen molar-refractivity contribution >= 4 is 17.6 Å². The largest absolute Gasteiger partial charge is 0.454 e. The van der Waals surface area contributed by atoms with Crippen molar-refractivity contribution in [3.8, 4) is 5.82 Å². The second kappa shape index (κ2) is 6.62. The Balaban J connectivity index is 1.72. The molecular weight excluding hydrogens is 314 g/mol. The zero-order valence-corrected chi connectivity index (χ0v) is 13.1. The number of esters is 1. The van der Waals surface area contributed by atoms with Crippen LogP contribution in [-0.4, -0.2) is 20.7 Å². The summed E-state index contributed by atoms with van der Waals surface area (Å²) < 4.78 is 7.06. The van der Waals surface area contributed by atoms with Crippen LogP contribution in [0.15, 0.2) is 61.1 Å². The highest BCUT2D eigenvalue weighted by Gasteiger charge is 2.16. The third-order valence-corrected chi connectivity index (χ3v) is 3.69. The first-order valence-electron chi connectivity index (χ1n) is 7.06. The Bertz CT molecular complexity index is 801. The van der Waals surface area contributed by atoms with Crippen LogP contribution in [-0.2, 0) is 4.74 Å². The van der Waals surface area contributed by atoms with E-state index < -0.39 is 12.1 Å². The smallest absolute Gasteiger partial charge is 0.340 e. The van der Waals surface area contributed by atoms with Gasteiger partial charge >= 0.3 is 5.97 Å². The van der Waals surface area contributed by atoms with Gasteiger partial charge in [0.1, 0.15) is 6.10 Å². The highest BCUT2D eigenvalue weighted by atomic mass is 35.5. The zero-order valence-electron chi connectivity index (χ0n) is 12.4. The predicted octanol–water partition coefficient (Wildman–Crippen LogP) is 3.84. The van der Waals surface area contributed by atoms with Gasteiger partial charge < -0.3 is 4.74 Å². The minimum atomic E-state index is -0.447. The number of rotatable bonds is 4. The van der Waals surface area contributed by atoms with Crippen molar-refractivity contribution < 1.29 is 9.53 Å². The zero-order chi connectivity index (χ0) is 16.2. The number of pyridine rings is 1. The number of hydrogen-bond donors (Lipinski definition) is 0. The van der Waals surface area contributed by atoms with E-state index in [1.165, 1.54) is 6.20 Å². The van der Waals surface area contributed by atoms with Crippen LogP contribution in [0.3, 0.4) is 0 Å². The van der Waals surface area contributed by atoms with E-state index in [4.69, 9.17) is 16.3 Å². The molecule has 3 rings (SSSR count). The molecule has 0 aliphatic heterocycles. The molecule has 116 valence electrons. The van der Waals surface area contributed by atoms with Gasteiger partial charge in [-0.3, -0.25) is 0 Å². The number of aromatic nitrogens is 3. The summed E-state index contributed by atoms with van der Waals surface area (Å²) in [6, 6.07) is 12.5. The van der Waals surface area contributed by atoms with Crippen LogP contribution < -0.4 is 0 Å². The first kappa shape index (κ1) is 15.2. The van der Waals surface area contributed by atoms with Crippen molar-refractivity contribution in [3.05, 3.63) is 77.2 Å². The van der Waals surface area contributed by atoms with Crippen molar-refractivity contribution in [2.45, 2.75) is 13.0 Å². The lowest BCUT2D eigenvalue weighted by atomic mass is 10.1. The Kier molecular flexibility index (Phi) is 4.39. The molecule has 0 N–H and O–H groups in total. The van der Waals surface area contributed by atoms with Crippen LogP contribution in [0.25, 0.3) is 5.82 Å². The lowest BCUT2D eigenvalue weighted by molar-refractivity contribution is 0.0337. The van der Waals surface area contributed by atoms with E-state index in [0.717, 1.165) is 5.56 Å². The van der Waals surface area contributed by atoms with E-state index in [-0.39, 0.29) is 0 Å². The van der Waals surface area contributed by atoms with Crippen molar-refractivity contribution in [3.63, 3.8) is 0 Å². The fourth-order valence-corrected chi connectivity index (χ4v) is 2.43. The monoisotopic (exact) mass is 327 g/mol. The number of carbonyl (C=O) groups excluding carboxylic acids is 1. The Morgan fingerprint density at radius 2 is 2.04 bits per heavy atom. The average Bonchev–Trinajstić information content (AvgIpc) is 3.09. The maximum Gasteiger partial charge on any atom is 0.340 e. The lowest BCUT2D eigenvalue weighted by Gasteiger charge is -2.14. The summed E-state index contributed by atoms with van der Waals surface area (Å²) in [5, 5.41) is 4.65. The molecule has 6 heteroatoms. The first-order chi connectivity index (χ1) is 11.1. The quantitative estimate of drug-likeness (QED) is 0.683. The van der Waals surface area contributed by atoms with Crippen LogP contribution in [0.2, 0.25) is 5.02 Å². The van der Waals surface area contributed by atoms with Crippen LogP contribution in [0.5, 0.6) is 0 Å². The number of carbonyl (C=O) groups is 1. The fraction of sp³-hybridized carbons (Fsp3) is 0.118. The van der Waals surface area contributed by atoms with Gasteiger partial charge in [0.2, 0.25) is 0 Å². The molecule has 0 saturated carbocycles. The minimum absolute atomic E-state index is 0.375. The summed E-state index contributed by atoms with van der Waals surface area (Å²) in [6.45, 7) is 1.78. The molecule has 1 unspecified atom stereocenters. The molecule has 2 heterocycles. The van der Waals surface area contributed by atoms with Gasteiger partial charge in [-0.05, 0) is 31.2 Å². The minimum Gasteiger partial charge on any atom is -0.454 e. The highest BCUT2D eigenvalue weighted by molar-refractivity contribution is 6.31. The standard InChI is InChI=1S/C17H14ClN3O2/c1-12(14-5-2-3-6-15(14)18)23-17(22)13-7-8-16(19-11-13)21-10-4-9-20-21/h2-12H,1H3. The summed E-state index contributed by atoms with van der Waals surface area (Å²) in [4.78, 5) is 16.4. The second-order valence-electron chi connectivity index (χ2n) is 4.92. The summed E-state index contributed by atoms with van der Waals surface area (Å²) >= 11 is 6.11. The molecule has 0 aliphatic carbocycles. The van der Waals surface area contributed by atoms with Gasteiger partial charge in [-0.2, -0.15) is 5.10 Å². The molecule has 23 heavy (non-hydrogen) atoms. The summed E-state index contributed by atoms with van der Waals surface area (Å²) in [5.41, 5.74) is 1.14. The second-order valence-corrected chi connectivity index (χ2v) is 5.33. The molecule has 0 saturated heterocycles. The topological polar surface area (TPSA) is 57.0 Å². The number of ether oxygens (including phenoxy) is 1. The van der Waals surface area contributed by atoms with Crippen molar-refractivity contribution in [2.24, 2.45) is 0 Å². The summed E-state index contributed by atoms with van der Waals surface area (Å²) in [7, 11) is 0. The van der Waals surface area contributed by atoms with Gasteiger partial charge in [0.25, 0.3) is 0 Å². The molecule has 3 aromatic rings. The Labute approximate surface area is 138 Å². The maximum absolute atomic E-state index is 12.2. The molecule has 1 atom stereocenters. The third kappa shape index (κ3) is 3.40. The number of hydrogen-bond acceptors (Lipinski definition) is 4. The molecule has 0 radical (unpaired) electrons. The van der Waals surface area contributed by atoms with Crippen LogP contribution in [0, 0.1) is 0 Å². The molecule has 0 bridgehead atoms. The molecule has 0 fully saturated rings. The van der Waals surface area contributed by atoms with E-state index in [9.17, 15) is 4.79 Å². The predicted molar refractivity (Wildman–Crippen MR) is 86.6 cm³/mol.